The third-order valence-corrected chi connectivity index (χ3v) is 4.65. The van der Waals surface area contributed by atoms with Crippen molar-refractivity contribution in [2.75, 3.05) is 0 Å². The van der Waals surface area contributed by atoms with E-state index in [2.05, 4.69) is 10.2 Å². The number of carbonyl (C=O) groups is 1. The quantitative estimate of drug-likeness (QED) is 0.524. The van der Waals surface area contributed by atoms with Gasteiger partial charge in [-0.15, -0.1) is 0 Å². The Kier molecular flexibility index (Phi) is 5.30. The fraction of sp³-hybridized carbons (Fsp3) is 0.0909. The van der Waals surface area contributed by atoms with Crippen molar-refractivity contribution in [1.29, 1.82) is 0 Å². The summed E-state index contributed by atoms with van der Waals surface area (Å²) in [5.74, 6) is 1.16. The van der Waals surface area contributed by atoms with E-state index in [1.807, 2.05) is 30.3 Å². The highest BCUT2D eigenvalue weighted by Gasteiger charge is 2.27. The number of nitrogens with zero attached hydrogens (tertiary/aromatic N) is 1. The average molecular weight is 384 g/mol. The fourth-order valence-corrected chi connectivity index (χ4v) is 3.05. The maximum Gasteiger partial charge on any atom is 0.491 e. The summed E-state index contributed by atoms with van der Waals surface area (Å²) in [5.41, 5.74) is 3.65. The molecule has 0 aromatic heterocycles. The van der Waals surface area contributed by atoms with Crippen molar-refractivity contribution in [1.82, 2.24) is 5.32 Å². The van der Waals surface area contributed by atoms with E-state index in [9.17, 15) is 9.82 Å². The lowest BCUT2D eigenvalue weighted by Gasteiger charge is -2.09. The Balaban J connectivity index is 1.34. The number of hydrogen-bond donors (Lipinski definition) is 2. The molecule has 3 aromatic rings. The molecule has 6 nitrogen and oxygen atoms in total. The van der Waals surface area contributed by atoms with Crippen LogP contribution in [0.15, 0.2) is 66.7 Å². The van der Waals surface area contributed by atoms with Gasteiger partial charge < -0.3 is 19.7 Å². The Bertz CT molecular complexity index is 1080. The van der Waals surface area contributed by atoms with Crippen LogP contribution in [0, 0.1) is 6.57 Å². The van der Waals surface area contributed by atoms with Gasteiger partial charge in [0.05, 0.1) is 13.2 Å². The van der Waals surface area contributed by atoms with E-state index >= 15 is 0 Å². The monoisotopic (exact) mass is 384 g/mol. The summed E-state index contributed by atoms with van der Waals surface area (Å²) in [6, 6.07) is 19.4. The zero-order valence-corrected chi connectivity index (χ0v) is 15.5. The van der Waals surface area contributed by atoms with Gasteiger partial charge in [-0.05, 0) is 40.9 Å². The van der Waals surface area contributed by atoms with Crippen LogP contribution in [0.1, 0.15) is 21.5 Å². The molecule has 2 N–H and O–H groups in total. The van der Waals surface area contributed by atoms with E-state index in [0.29, 0.717) is 35.9 Å². The molecular formula is C22H17BN2O4. The Morgan fingerprint density at radius 2 is 1.83 bits per heavy atom. The van der Waals surface area contributed by atoms with Crippen molar-refractivity contribution in [2.24, 2.45) is 0 Å². The van der Waals surface area contributed by atoms with Crippen molar-refractivity contribution >= 4 is 24.2 Å². The number of nitrogens with one attached hydrogen (secondary N) is 1. The summed E-state index contributed by atoms with van der Waals surface area (Å²) < 4.78 is 11.0. The number of carbonyl (C=O) groups excluding carboxylic acids is 1. The van der Waals surface area contributed by atoms with Gasteiger partial charge in [0, 0.05) is 12.1 Å². The predicted molar refractivity (Wildman–Crippen MR) is 109 cm³/mol. The molecule has 0 saturated heterocycles. The number of fused-ring (bicyclic) bond motifs is 1. The first-order valence-corrected chi connectivity index (χ1v) is 9.07. The summed E-state index contributed by atoms with van der Waals surface area (Å²) in [6.45, 7) is 7.70. The molecule has 0 fully saturated rings. The molecule has 142 valence electrons. The zero-order chi connectivity index (χ0) is 20.2. The molecule has 1 aliphatic heterocycles. The first-order chi connectivity index (χ1) is 14.1. The number of hydrogen-bond acceptors (Lipinski definition) is 4. The van der Waals surface area contributed by atoms with Gasteiger partial charge in [0.25, 0.3) is 5.91 Å². The molecule has 1 aliphatic rings. The second-order valence-electron chi connectivity index (χ2n) is 6.61. The summed E-state index contributed by atoms with van der Waals surface area (Å²) in [6.07, 6.45) is 0. The van der Waals surface area contributed by atoms with Gasteiger partial charge in [0.1, 0.15) is 11.5 Å². The SMILES string of the molecule is [C-]#[N+]c1ccc(C(=O)NCc2ccc(Oc3ccc4c(c3)COB4O)cc2)cc1. The number of amides is 1. The van der Waals surface area contributed by atoms with Crippen molar-refractivity contribution in [2.45, 2.75) is 13.2 Å². The van der Waals surface area contributed by atoms with Crippen molar-refractivity contribution in [3.63, 3.8) is 0 Å². The molecular weight excluding hydrogens is 367 g/mol. The van der Waals surface area contributed by atoms with Gasteiger partial charge in [-0.2, -0.15) is 0 Å². The molecule has 0 aliphatic carbocycles. The maximum absolute atomic E-state index is 12.2. The second-order valence-corrected chi connectivity index (χ2v) is 6.61. The van der Waals surface area contributed by atoms with Crippen molar-refractivity contribution in [3.8, 4) is 11.5 Å². The molecule has 0 radical (unpaired) electrons. The predicted octanol–water partition coefficient (Wildman–Crippen LogP) is 3.18. The van der Waals surface area contributed by atoms with Gasteiger partial charge in [-0.3, -0.25) is 4.79 Å². The number of benzene rings is 3. The third kappa shape index (κ3) is 4.30. The smallest absolute Gasteiger partial charge is 0.457 e. The first kappa shape index (κ1) is 18.8. The first-order valence-electron chi connectivity index (χ1n) is 9.07. The van der Waals surface area contributed by atoms with Crippen LogP contribution in [0.25, 0.3) is 4.85 Å². The van der Waals surface area contributed by atoms with Crippen molar-refractivity contribution in [3.05, 3.63) is 94.8 Å². The van der Waals surface area contributed by atoms with E-state index in [1.54, 1.807) is 36.4 Å². The van der Waals surface area contributed by atoms with E-state index in [0.717, 1.165) is 16.6 Å². The van der Waals surface area contributed by atoms with Crippen LogP contribution in [0.3, 0.4) is 0 Å². The number of rotatable bonds is 5. The molecule has 4 rings (SSSR count). The lowest BCUT2D eigenvalue weighted by molar-refractivity contribution is 0.0951. The largest absolute Gasteiger partial charge is 0.491 e. The van der Waals surface area contributed by atoms with Crippen LogP contribution in [0.4, 0.5) is 5.69 Å². The van der Waals surface area contributed by atoms with Crippen LogP contribution in [0.5, 0.6) is 11.5 Å². The lowest BCUT2D eigenvalue weighted by Crippen LogP contribution is -2.27. The molecule has 3 aromatic carbocycles. The summed E-state index contributed by atoms with van der Waals surface area (Å²) in [7, 11) is -0.862. The Hall–Kier alpha value is -3.60. The third-order valence-electron chi connectivity index (χ3n) is 4.65. The van der Waals surface area contributed by atoms with E-state index < -0.39 is 7.12 Å². The molecule has 0 bridgehead atoms. The van der Waals surface area contributed by atoms with E-state index in [-0.39, 0.29) is 5.91 Å². The second kappa shape index (κ2) is 8.19. The molecule has 1 amide bonds. The van der Waals surface area contributed by atoms with Gasteiger partial charge in [0.2, 0.25) is 0 Å². The van der Waals surface area contributed by atoms with Crippen LogP contribution in [-0.2, 0) is 17.8 Å². The molecule has 0 unspecified atom stereocenters. The highest BCUT2D eigenvalue weighted by Crippen LogP contribution is 2.24. The minimum absolute atomic E-state index is 0.190. The standard InChI is InChI=1S/C22H17BN2O4/c1-24-18-6-4-16(5-7-18)22(26)25-13-15-2-8-19(9-3-15)29-20-10-11-21-17(12-20)14-28-23(21)27/h2-12,27H,13-14H2,(H,25,26). The van der Waals surface area contributed by atoms with Gasteiger partial charge in [-0.25, -0.2) is 4.85 Å². The van der Waals surface area contributed by atoms with Crippen LogP contribution in [-0.4, -0.2) is 18.0 Å². The summed E-state index contributed by atoms with van der Waals surface area (Å²) in [5, 5.41) is 12.5. The van der Waals surface area contributed by atoms with Gasteiger partial charge >= 0.3 is 7.12 Å². The maximum atomic E-state index is 12.2. The molecule has 0 atom stereocenters. The number of ether oxygens (including phenoxy) is 1. The summed E-state index contributed by atoms with van der Waals surface area (Å²) >= 11 is 0. The normalized spacial score (nSPS) is 12.2. The Morgan fingerprint density at radius 1 is 1.10 bits per heavy atom. The van der Waals surface area contributed by atoms with Gasteiger partial charge in [0.15, 0.2) is 5.69 Å². The van der Waals surface area contributed by atoms with Crippen LogP contribution < -0.4 is 15.5 Å². The van der Waals surface area contributed by atoms with E-state index in [1.165, 1.54) is 0 Å². The minimum atomic E-state index is -0.862. The van der Waals surface area contributed by atoms with Crippen molar-refractivity contribution < 1.29 is 19.2 Å². The van der Waals surface area contributed by atoms with Gasteiger partial charge in [-0.1, -0.05) is 42.5 Å². The zero-order valence-electron chi connectivity index (χ0n) is 15.5. The average Bonchev–Trinajstić information content (AvgIpc) is 3.13. The highest BCUT2D eigenvalue weighted by molar-refractivity contribution is 6.61. The summed E-state index contributed by atoms with van der Waals surface area (Å²) in [4.78, 5) is 15.5. The molecule has 0 saturated carbocycles. The van der Waals surface area contributed by atoms with Crippen LogP contribution in [0.2, 0.25) is 0 Å². The topological polar surface area (TPSA) is 72.2 Å². The van der Waals surface area contributed by atoms with E-state index in [4.69, 9.17) is 16.0 Å². The fourth-order valence-electron chi connectivity index (χ4n) is 3.05. The lowest BCUT2D eigenvalue weighted by atomic mass is 9.80. The van der Waals surface area contributed by atoms with Crippen LogP contribution >= 0.6 is 0 Å². The Morgan fingerprint density at radius 3 is 2.55 bits per heavy atom. The minimum Gasteiger partial charge on any atom is -0.457 e. The molecule has 0 spiro atoms. The molecule has 1 heterocycles. The molecule has 7 heteroatoms. The Labute approximate surface area is 168 Å². The molecule has 29 heavy (non-hydrogen) atoms. The highest BCUT2D eigenvalue weighted by atomic mass is 16.5.